The third kappa shape index (κ3) is 8.58. The largest absolute Gasteiger partial charge is 0.415 e. The van der Waals surface area contributed by atoms with Gasteiger partial charge in [-0.3, -0.25) is 9.59 Å². The van der Waals surface area contributed by atoms with E-state index >= 15 is 4.79 Å². The van der Waals surface area contributed by atoms with Gasteiger partial charge in [0.05, 0.1) is 5.56 Å². The SMILES string of the molecule is CCCCN(CCCC)C(=O)c1cc(-c2cc3c(cc2C(=O)N2Cc4ccccc4C[C@H]2CN2CCCCC2)CN(C(=O)Oc2ccccc2)CC3)n(C)c1C. The van der Waals surface area contributed by atoms with Crippen molar-refractivity contribution in [1.82, 2.24) is 24.2 Å². The predicted molar refractivity (Wildman–Crippen MR) is 222 cm³/mol. The molecule has 0 saturated carbocycles. The second-order valence-electron chi connectivity index (χ2n) is 16.0. The van der Waals surface area contributed by atoms with Crippen molar-refractivity contribution >= 4 is 17.9 Å². The van der Waals surface area contributed by atoms with Gasteiger partial charge in [0.15, 0.2) is 0 Å². The minimum atomic E-state index is -0.398. The number of aromatic nitrogens is 1. The lowest BCUT2D eigenvalue weighted by Gasteiger charge is -2.41. The van der Waals surface area contributed by atoms with Gasteiger partial charge in [0.2, 0.25) is 0 Å². The van der Waals surface area contributed by atoms with E-state index in [1.165, 1.54) is 30.4 Å². The standard InChI is InChI=1S/C47H59N5O4/c1-5-7-24-50(25-8-6-2)45(53)41-30-44(48(4)34(41)3)42-28-36-21-26-51(47(55)56-40-19-11-9-12-20-40)31-38(36)29-43(42)46(54)52-32-37-18-14-13-17-35(37)27-39(52)33-49-22-15-10-16-23-49/h9,11-14,17-20,28-30,39H,5-8,10,15-16,21-27,31-33H2,1-4H3/t39-/m0/s1. The lowest BCUT2D eigenvalue weighted by atomic mass is 9.89. The number of rotatable bonds is 12. The summed E-state index contributed by atoms with van der Waals surface area (Å²) in [5, 5.41) is 0. The molecule has 1 saturated heterocycles. The number of carbonyl (C=O) groups excluding carboxylic acids is 3. The first-order valence-electron chi connectivity index (χ1n) is 21.0. The van der Waals surface area contributed by atoms with Crippen LogP contribution >= 0.6 is 0 Å². The molecule has 0 radical (unpaired) electrons. The average molecular weight is 758 g/mol. The van der Waals surface area contributed by atoms with E-state index in [1.807, 2.05) is 49.2 Å². The maximum Gasteiger partial charge on any atom is 0.415 e. The molecule has 0 bridgehead atoms. The molecule has 3 amide bonds. The molecule has 56 heavy (non-hydrogen) atoms. The number of para-hydroxylation sites is 1. The van der Waals surface area contributed by atoms with Crippen molar-refractivity contribution < 1.29 is 19.1 Å². The number of amides is 3. The third-order valence-corrected chi connectivity index (χ3v) is 12.2. The molecule has 3 aromatic carbocycles. The number of unbranched alkanes of at least 4 members (excludes halogenated alkanes) is 2. The van der Waals surface area contributed by atoms with Crippen molar-refractivity contribution in [3.63, 3.8) is 0 Å². The van der Waals surface area contributed by atoms with Crippen molar-refractivity contribution in [2.24, 2.45) is 7.05 Å². The zero-order valence-corrected chi connectivity index (χ0v) is 33.9. The molecular weight excluding hydrogens is 699 g/mol. The monoisotopic (exact) mass is 757 g/mol. The summed E-state index contributed by atoms with van der Waals surface area (Å²) in [4.78, 5) is 51.4. The molecule has 7 rings (SSSR count). The molecule has 0 spiro atoms. The first-order valence-corrected chi connectivity index (χ1v) is 21.0. The third-order valence-electron chi connectivity index (χ3n) is 12.2. The van der Waals surface area contributed by atoms with Crippen molar-refractivity contribution in [1.29, 1.82) is 0 Å². The Morgan fingerprint density at radius 2 is 1.46 bits per heavy atom. The zero-order chi connectivity index (χ0) is 39.2. The van der Waals surface area contributed by atoms with Crippen LogP contribution in [0.5, 0.6) is 5.75 Å². The summed E-state index contributed by atoms with van der Waals surface area (Å²) in [6, 6.07) is 23.9. The molecule has 3 aliphatic rings. The number of hydrogen-bond donors (Lipinski definition) is 0. The minimum absolute atomic E-state index is 0.0115. The van der Waals surface area contributed by atoms with Gasteiger partial charge >= 0.3 is 6.09 Å². The van der Waals surface area contributed by atoms with Gasteiger partial charge in [-0.25, -0.2) is 4.79 Å². The molecular formula is C47H59N5O4. The Labute approximate surface area is 333 Å². The fraction of sp³-hybridized carbons (Fsp3) is 0.468. The van der Waals surface area contributed by atoms with Crippen LogP contribution in [-0.4, -0.2) is 87.4 Å². The second-order valence-corrected chi connectivity index (χ2v) is 16.0. The Balaban J connectivity index is 1.28. The van der Waals surface area contributed by atoms with Crippen LogP contribution < -0.4 is 4.74 Å². The molecule has 4 aromatic rings. The number of nitrogens with zero attached hydrogens (tertiary/aromatic N) is 5. The number of carbonyl (C=O) groups is 3. The van der Waals surface area contributed by atoms with Crippen LogP contribution in [0.15, 0.2) is 72.8 Å². The highest BCUT2D eigenvalue weighted by Gasteiger charge is 2.35. The van der Waals surface area contributed by atoms with E-state index in [-0.39, 0.29) is 17.9 Å². The van der Waals surface area contributed by atoms with Gasteiger partial charge in [0, 0.05) is 74.9 Å². The molecule has 1 aromatic heterocycles. The van der Waals surface area contributed by atoms with Crippen molar-refractivity contribution in [2.45, 2.75) is 97.7 Å². The summed E-state index contributed by atoms with van der Waals surface area (Å²) in [6.45, 7) is 12.2. The maximum atomic E-state index is 15.4. The van der Waals surface area contributed by atoms with Crippen LogP contribution in [0.1, 0.15) is 107 Å². The van der Waals surface area contributed by atoms with Gasteiger partial charge in [-0.15, -0.1) is 0 Å². The summed E-state index contributed by atoms with van der Waals surface area (Å²) in [6.07, 6.45) is 8.66. The van der Waals surface area contributed by atoms with Crippen LogP contribution in [0.2, 0.25) is 0 Å². The van der Waals surface area contributed by atoms with Gasteiger partial charge in [0.25, 0.3) is 11.8 Å². The van der Waals surface area contributed by atoms with E-state index in [9.17, 15) is 9.59 Å². The Bertz CT molecular complexity index is 2010. The summed E-state index contributed by atoms with van der Waals surface area (Å²) in [7, 11) is 2.01. The highest BCUT2D eigenvalue weighted by molar-refractivity contribution is 6.03. The summed E-state index contributed by atoms with van der Waals surface area (Å²) >= 11 is 0. The number of piperidine rings is 1. The van der Waals surface area contributed by atoms with E-state index < -0.39 is 6.09 Å². The molecule has 0 aliphatic carbocycles. The molecule has 1 fully saturated rings. The second kappa shape index (κ2) is 17.9. The summed E-state index contributed by atoms with van der Waals surface area (Å²) < 4.78 is 7.83. The number of benzene rings is 3. The first kappa shape index (κ1) is 39.3. The fourth-order valence-corrected chi connectivity index (χ4v) is 8.75. The first-order chi connectivity index (χ1) is 27.2. The van der Waals surface area contributed by atoms with E-state index in [4.69, 9.17) is 4.74 Å². The lowest BCUT2D eigenvalue weighted by Crippen LogP contribution is -2.51. The van der Waals surface area contributed by atoms with Gasteiger partial charge in [0.1, 0.15) is 5.75 Å². The van der Waals surface area contributed by atoms with Gasteiger partial charge in [-0.1, -0.05) is 75.6 Å². The van der Waals surface area contributed by atoms with Gasteiger partial charge in [-0.05, 0) is 111 Å². The van der Waals surface area contributed by atoms with E-state index in [1.54, 1.807) is 17.0 Å². The van der Waals surface area contributed by atoms with Crippen LogP contribution in [-0.2, 0) is 33.0 Å². The summed E-state index contributed by atoms with van der Waals surface area (Å²) in [5.41, 5.74) is 8.44. The predicted octanol–water partition coefficient (Wildman–Crippen LogP) is 8.65. The normalized spacial score (nSPS) is 17.0. The van der Waals surface area contributed by atoms with Crippen LogP contribution in [0.3, 0.4) is 0 Å². The van der Waals surface area contributed by atoms with E-state index in [0.29, 0.717) is 42.9 Å². The number of likely N-dealkylation sites (tertiary alicyclic amines) is 1. The Morgan fingerprint density at radius 3 is 2.18 bits per heavy atom. The van der Waals surface area contributed by atoms with E-state index in [0.717, 1.165) is 92.9 Å². The van der Waals surface area contributed by atoms with Gasteiger partial charge < -0.3 is 28.9 Å². The molecule has 296 valence electrons. The van der Waals surface area contributed by atoms with Crippen molar-refractivity contribution in [3.8, 4) is 17.0 Å². The zero-order valence-electron chi connectivity index (χ0n) is 33.9. The Morgan fingerprint density at radius 1 is 0.768 bits per heavy atom. The molecule has 0 N–H and O–H groups in total. The topological polar surface area (TPSA) is 78.3 Å². The van der Waals surface area contributed by atoms with E-state index in [2.05, 4.69) is 58.5 Å². The number of ether oxygens (including phenoxy) is 1. The average Bonchev–Trinajstić information content (AvgIpc) is 3.52. The number of fused-ring (bicyclic) bond motifs is 2. The highest BCUT2D eigenvalue weighted by atomic mass is 16.6. The lowest BCUT2D eigenvalue weighted by molar-refractivity contribution is 0.0566. The smallest absolute Gasteiger partial charge is 0.410 e. The number of hydrogen-bond acceptors (Lipinski definition) is 5. The Kier molecular flexibility index (Phi) is 12.6. The van der Waals surface area contributed by atoms with Crippen LogP contribution in [0.25, 0.3) is 11.3 Å². The fourth-order valence-electron chi connectivity index (χ4n) is 8.75. The highest BCUT2D eigenvalue weighted by Crippen LogP contribution is 2.36. The minimum Gasteiger partial charge on any atom is -0.410 e. The molecule has 9 heteroatoms. The molecule has 3 aliphatic heterocycles. The summed E-state index contributed by atoms with van der Waals surface area (Å²) in [5.74, 6) is 0.549. The van der Waals surface area contributed by atoms with Crippen molar-refractivity contribution in [3.05, 3.63) is 112 Å². The van der Waals surface area contributed by atoms with Gasteiger partial charge in [-0.2, -0.15) is 0 Å². The quantitative estimate of drug-likeness (QED) is 0.145. The molecule has 1 atom stereocenters. The van der Waals surface area contributed by atoms with Crippen molar-refractivity contribution in [2.75, 3.05) is 39.3 Å². The molecule has 9 nitrogen and oxygen atoms in total. The Hall–Kier alpha value is -4.89. The van der Waals surface area contributed by atoms with Crippen LogP contribution in [0.4, 0.5) is 4.79 Å². The maximum absolute atomic E-state index is 15.4. The van der Waals surface area contributed by atoms with Crippen LogP contribution in [0, 0.1) is 6.92 Å². The molecule has 4 heterocycles. The molecule has 0 unspecified atom stereocenters.